The number of hydrogen-bond acceptors (Lipinski definition) is 2. The average Bonchev–Trinajstić information content (AvgIpc) is 2.55. The first-order valence-electron chi connectivity index (χ1n) is 10.3. The molecule has 3 nitrogen and oxygen atoms in total. The molecule has 2 saturated carbocycles. The van der Waals surface area contributed by atoms with Crippen LogP contribution in [0.5, 0.6) is 5.75 Å². The molecule has 0 radical (unpaired) electrons. The number of likely N-dealkylation sites (N-methyl/N-ethyl adjacent to an activating group) is 1. The molecule has 136 valence electrons. The zero-order valence-corrected chi connectivity index (χ0v) is 15.5. The molecule has 1 N–H and O–H groups in total. The Morgan fingerprint density at radius 3 is 2.72 bits per heavy atom. The second-order valence-corrected chi connectivity index (χ2v) is 9.68. The Kier molecular flexibility index (Phi) is 3.38. The van der Waals surface area contributed by atoms with E-state index in [-0.39, 0.29) is 11.2 Å². The normalized spacial score (nSPS) is 43.0. The van der Waals surface area contributed by atoms with Crippen molar-refractivity contribution < 1.29 is 14.7 Å². The van der Waals surface area contributed by atoms with Crippen molar-refractivity contribution in [1.29, 1.82) is 0 Å². The third-order valence-corrected chi connectivity index (χ3v) is 8.50. The van der Waals surface area contributed by atoms with E-state index in [4.69, 9.17) is 0 Å². The minimum atomic E-state index is -0.622. The summed E-state index contributed by atoms with van der Waals surface area (Å²) in [5.41, 5.74) is 1.76. The molecule has 0 spiro atoms. The fourth-order valence-electron chi connectivity index (χ4n) is 6.98. The standard InChI is InChI=1S/C22H31NO2/c1-23(15-16-5-4-6-16)12-11-21-9-2-3-10-22(21,25)20(23)13-17-7-8-18(24)14-19(17)21/h7-8,14,16,20,25H,2-6,9-13,15H2,1H3/t20-,21+,22+,23+/m1/s1. The molecule has 4 atom stereocenters. The van der Waals surface area contributed by atoms with Crippen LogP contribution in [0.25, 0.3) is 0 Å². The van der Waals surface area contributed by atoms with Crippen LogP contribution in [0.1, 0.15) is 62.5 Å². The lowest BCUT2D eigenvalue weighted by Crippen LogP contribution is -2.78. The Hall–Kier alpha value is -1.06. The van der Waals surface area contributed by atoms with Crippen LogP contribution in [0.4, 0.5) is 0 Å². The van der Waals surface area contributed by atoms with Crippen LogP contribution in [0.15, 0.2) is 18.2 Å². The average molecular weight is 341 g/mol. The molecule has 1 saturated heterocycles. The number of aliphatic hydroxyl groups is 1. The molecule has 0 unspecified atom stereocenters. The van der Waals surface area contributed by atoms with Crippen LogP contribution in [0.2, 0.25) is 0 Å². The van der Waals surface area contributed by atoms with Crippen molar-refractivity contribution in [2.75, 3.05) is 20.1 Å². The van der Waals surface area contributed by atoms with Gasteiger partial charge < -0.3 is 14.7 Å². The quantitative estimate of drug-likeness (QED) is 0.841. The van der Waals surface area contributed by atoms with E-state index in [0.29, 0.717) is 6.04 Å². The van der Waals surface area contributed by atoms with E-state index in [1.807, 2.05) is 6.07 Å². The van der Waals surface area contributed by atoms with Gasteiger partial charge in [0.1, 0.15) is 11.6 Å². The number of quaternary nitrogens is 1. The highest BCUT2D eigenvalue weighted by Gasteiger charge is 2.68. The molecule has 3 fully saturated rings. The molecule has 0 amide bonds. The minimum absolute atomic E-state index is 0.108. The lowest BCUT2D eigenvalue weighted by molar-refractivity contribution is -0.952. The molecule has 5 rings (SSSR count). The van der Waals surface area contributed by atoms with Gasteiger partial charge in [0.2, 0.25) is 0 Å². The third-order valence-electron chi connectivity index (χ3n) is 8.50. The SMILES string of the molecule is C[N@@+]1(CC2CCC2)CC[C@]23CCCC[C@]2(O)[C@H]1Cc1ccc([O-])cc13. The molecule has 25 heavy (non-hydrogen) atoms. The van der Waals surface area contributed by atoms with Gasteiger partial charge >= 0.3 is 0 Å². The molecule has 1 aliphatic heterocycles. The van der Waals surface area contributed by atoms with Crippen molar-refractivity contribution >= 4 is 0 Å². The van der Waals surface area contributed by atoms with E-state index < -0.39 is 5.60 Å². The third kappa shape index (κ3) is 2.06. The summed E-state index contributed by atoms with van der Waals surface area (Å²) in [4.78, 5) is 0. The Morgan fingerprint density at radius 1 is 1.16 bits per heavy atom. The van der Waals surface area contributed by atoms with Gasteiger partial charge in [0, 0.05) is 24.2 Å². The number of hydrogen-bond donors (Lipinski definition) is 1. The maximum Gasteiger partial charge on any atom is 0.126 e. The van der Waals surface area contributed by atoms with Gasteiger partial charge in [-0.25, -0.2) is 0 Å². The monoisotopic (exact) mass is 341 g/mol. The zero-order valence-electron chi connectivity index (χ0n) is 15.5. The van der Waals surface area contributed by atoms with Crippen LogP contribution in [-0.4, -0.2) is 41.4 Å². The predicted molar refractivity (Wildman–Crippen MR) is 96.4 cm³/mol. The summed E-state index contributed by atoms with van der Waals surface area (Å²) < 4.78 is 1.04. The van der Waals surface area contributed by atoms with Crippen LogP contribution >= 0.6 is 0 Å². The largest absolute Gasteiger partial charge is 0.872 e. The van der Waals surface area contributed by atoms with Crippen LogP contribution < -0.4 is 5.11 Å². The summed E-state index contributed by atoms with van der Waals surface area (Å²) in [6.45, 7) is 2.39. The second-order valence-electron chi connectivity index (χ2n) is 9.68. The van der Waals surface area contributed by atoms with Gasteiger partial charge in [-0.3, -0.25) is 0 Å². The van der Waals surface area contributed by atoms with E-state index in [0.717, 1.165) is 49.0 Å². The smallest absolute Gasteiger partial charge is 0.126 e. The molecule has 1 aromatic rings. The van der Waals surface area contributed by atoms with Crippen LogP contribution in [0.3, 0.4) is 0 Å². The Labute approximate surface area is 151 Å². The molecular weight excluding hydrogens is 310 g/mol. The number of nitrogens with zero attached hydrogens (tertiary/aromatic N) is 1. The van der Waals surface area contributed by atoms with Gasteiger partial charge in [-0.15, -0.1) is 5.75 Å². The molecule has 3 heteroatoms. The van der Waals surface area contributed by atoms with Crippen LogP contribution in [-0.2, 0) is 11.8 Å². The van der Waals surface area contributed by atoms with Gasteiger partial charge in [0.25, 0.3) is 0 Å². The summed E-state index contributed by atoms with van der Waals surface area (Å²) in [6.07, 6.45) is 10.4. The second kappa shape index (κ2) is 5.23. The predicted octanol–water partition coefficient (Wildman–Crippen LogP) is 2.88. The topological polar surface area (TPSA) is 43.3 Å². The van der Waals surface area contributed by atoms with E-state index >= 15 is 0 Å². The molecule has 1 heterocycles. The summed E-state index contributed by atoms with van der Waals surface area (Å²) in [6, 6.07) is 5.96. The van der Waals surface area contributed by atoms with Crippen molar-refractivity contribution in [3.8, 4) is 5.75 Å². The number of rotatable bonds is 2. The van der Waals surface area contributed by atoms with E-state index in [2.05, 4.69) is 13.1 Å². The van der Waals surface area contributed by atoms with Crippen molar-refractivity contribution in [1.82, 2.24) is 0 Å². The number of benzene rings is 1. The maximum absolute atomic E-state index is 12.1. The first-order chi connectivity index (χ1) is 12.0. The van der Waals surface area contributed by atoms with Gasteiger partial charge in [-0.2, -0.15) is 0 Å². The summed E-state index contributed by atoms with van der Waals surface area (Å²) in [7, 11) is 2.41. The van der Waals surface area contributed by atoms with Crippen molar-refractivity contribution in [2.24, 2.45) is 5.92 Å². The van der Waals surface area contributed by atoms with Crippen molar-refractivity contribution in [3.63, 3.8) is 0 Å². The fourth-order valence-corrected chi connectivity index (χ4v) is 6.98. The number of fused-ring (bicyclic) bond motifs is 1. The van der Waals surface area contributed by atoms with E-state index in [9.17, 15) is 10.2 Å². The molecular formula is C22H31NO2. The Bertz CT molecular complexity index is 699. The summed E-state index contributed by atoms with van der Waals surface area (Å²) >= 11 is 0. The maximum atomic E-state index is 12.1. The number of likely N-dealkylation sites (tertiary alicyclic amines) is 1. The highest BCUT2D eigenvalue weighted by atomic mass is 16.3. The van der Waals surface area contributed by atoms with Crippen molar-refractivity contribution in [2.45, 2.75) is 74.8 Å². The van der Waals surface area contributed by atoms with Gasteiger partial charge in [-0.1, -0.05) is 37.5 Å². The highest BCUT2D eigenvalue weighted by Crippen LogP contribution is 2.60. The lowest BCUT2D eigenvalue weighted by Gasteiger charge is -2.66. The molecule has 0 aromatic heterocycles. The first kappa shape index (κ1) is 16.1. The minimum Gasteiger partial charge on any atom is -0.872 e. The Morgan fingerprint density at radius 2 is 1.96 bits per heavy atom. The van der Waals surface area contributed by atoms with Crippen LogP contribution in [0, 0.1) is 5.92 Å². The van der Waals surface area contributed by atoms with Crippen molar-refractivity contribution in [3.05, 3.63) is 29.3 Å². The number of piperidine rings is 1. The first-order valence-corrected chi connectivity index (χ1v) is 10.3. The molecule has 1 aromatic carbocycles. The molecule has 2 bridgehead atoms. The van der Waals surface area contributed by atoms with E-state index in [1.165, 1.54) is 43.4 Å². The van der Waals surface area contributed by atoms with Gasteiger partial charge in [-0.05, 0) is 36.8 Å². The lowest BCUT2D eigenvalue weighted by atomic mass is 9.49. The van der Waals surface area contributed by atoms with Gasteiger partial charge in [0.15, 0.2) is 0 Å². The highest BCUT2D eigenvalue weighted by molar-refractivity contribution is 5.47. The van der Waals surface area contributed by atoms with Gasteiger partial charge in [0.05, 0.1) is 20.1 Å². The fraction of sp³-hybridized carbons (Fsp3) is 0.727. The Balaban J connectivity index is 1.63. The molecule has 3 aliphatic carbocycles. The zero-order chi connectivity index (χ0) is 17.3. The summed E-state index contributed by atoms with van der Waals surface area (Å²) in [5, 5.41) is 24.2. The van der Waals surface area contributed by atoms with E-state index in [1.54, 1.807) is 6.07 Å². The molecule has 4 aliphatic rings. The summed E-state index contributed by atoms with van der Waals surface area (Å²) in [5.74, 6) is 0.965.